The van der Waals surface area contributed by atoms with Crippen molar-refractivity contribution in [2.24, 2.45) is 0 Å². The van der Waals surface area contributed by atoms with Crippen LogP contribution in [0.1, 0.15) is 78.6 Å². The van der Waals surface area contributed by atoms with Gasteiger partial charge in [0.1, 0.15) is 0 Å². The first-order valence-electron chi connectivity index (χ1n) is 7.64. The van der Waals surface area contributed by atoms with Crippen molar-refractivity contribution in [3.63, 3.8) is 0 Å². The molecule has 0 fully saturated rings. The molecule has 0 radical (unpaired) electrons. The quantitative estimate of drug-likeness (QED) is 0.370. The minimum absolute atomic E-state index is 0.665. The molecule has 0 spiro atoms. The maximum absolute atomic E-state index is 4.12. The van der Waals surface area contributed by atoms with E-state index in [0.717, 1.165) is 13.0 Å². The van der Waals surface area contributed by atoms with Gasteiger partial charge in [-0.25, -0.2) is 0 Å². The van der Waals surface area contributed by atoms with Gasteiger partial charge in [-0.1, -0.05) is 71.4 Å². The molecule has 1 atom stereocenters. The zero-order chi connectivity index (χ0) is 12.9. The minimum atomic E-state index is 0.665. The summed E-state index contributed by atoms with van der Waals surface area (Å²) in [4.78, 5) is 0. The summed E-state index contributed by atoms with van der Waals surface area (Å²) in [6, 6.07) is 0.665. The smallest absolute Gasteiger partial charge is 0.0104 e. The SMILES string of the molecule is C=C(CC)CC(CCCCCCCC)NCC. The molecule has 0 amide bonds. The van der Waals surface area contributed by atoms with Crippen molar-refractivity contribution < 1.29 is 0 Å². The van der Waals surface area contributed by atoms with Crippen LogP contribution in [-0.4, -0.2) is 12.6 Å². The average Bonchev–Trinajstić information content (AvgIpc) is 2.33. The molecule has 1 unspecified atom stereocenters. The van der Waals surface area contributed by atoms with Crippen molar-refractivity contribution >= 4 is 0 Å². The lowest BCUT2D eigenvalue weighted by molar-refractivity contribution is 0.456. The van der Waals surface area contributed by atoms with Crippen LogP contribution in [0.15, 0.2) is 12.2 Å². The van der Waals surface area contributed by atoms with Crippen LogP contribution < -0.4 is 5.32 Å². The lowest BCUT2D eigenvalue weighted by atomic mass is 9.99. The Hall–Kier alpha value is -0.300. The van der Waals surface area contributed by atoms with Gasteiger partial charge in [0.15, 0.2) is 0 Å². The minimum Gasteiger partial charge on any atom is -0.314 e. The predicted octanol–water partition coefficient (Wildman–Crippen LogP) is 5.07. The highest BCUT2D eigenvalue weighted by atomic mass is 14.9. The van der Waals surface area contributed by atoms with E-state index >= 15 is 0 Å². The molecule has 0 aliphatic carbocycles. The van der Waals surface area contributed by atoms with Gasteiger partial charge in [-0.15, -0.1) is 0 Å². The maximum Gasteiger partial charge on any atom is 0.0104 e. The summed E-state index contributed by atoms with van der Waals surface area (Å²) < 4.78 is 0. The molecule has 0 aliphatic heterocycles. The van der Waals surface area contributed by atoms with Crippen LogP contribution in [0.2, 0.25) is 0 Å². The topological polar surface area (TPSA) is 12.0 Å². The van der Waals surface area contributed by atoms with Crippen molar-refractivity contribution in [1.29, 1.82) is 0 Å². The fraction of sp³-hybridized carbons (Fsp3) is 0.875. The van der Waals surface area contributed by atoms with Crippen molar-refractivity contribution in [3.05, 3.63) is 12.2 Å². The Kier molecular flexibility index (Phi) is 12.0. The molecule has 1 nitrogen and oxygen atoms in total. The molecule has 0 saturated carbocycles. The van der Waals surface area contributed by atoms with Crippen molar-refractivity contribution in [1.82, 2.24) is 5.32 Å². The standard InChI is InChI=1S/C16H33N/c1-5-8-9-10-11-12-13-16(17-7-3)14-15(4)6-2/h16-17H,4-14H2,1-3H3. The Balaban J connectivity index is 3.58. The largest absolute Gasteiger partial charge is 0.314 e. The van der Waals surface area contributed by atoms with E-state index in [-0.39, 0.29) is 0 Å². The number of unbranched alkanes of at least 4 members (excludes halogenated alkanes) is 5. The molecule has 0 aliphatic rings. The summed E-state index contributed by atoms with van der Waals surface area (Å²) in [5.74, 6) is 0. The fourth-order valence-corrected chi connectivity index (χ4v) is 2.23. The van der Waals surface area contributed by atoms with Crippen LogP contribution in [0, 0.1) is 0 Å². The summed E-state index contributed by atoms with van der Waals surface area (Å²) in [7, 11) is 0. The molecule has 0 aromatic heterocycles. The van der Waals surface area contributed by atoms with E-state index in [4.69, 9.17) is 0 Å². The zero-order valence-electron chi connectivity index (χ0n) is 12.4. The third-order valence-electron chi connectivity index (χ3n) is 3.43. The third kappa shape index (κ3) is 10.6. The molecular weight excluding hydrogens is 206 g/mol. The Labute approximate surface area is 109 Å². The molecule has 0 bridgehead atoms. The van der Waals surface area contributed by atoms with E-state index in [1.807, 2.05) is 0 Å². The number of nitrogens with one attached hydrogen (secondary N) is 1. The first-order valence-corrected chi connectivity index (χ1v) is 7.64. The Morgan fingerprint density at radius 1 is 1.00 bits per heavy atom. The molecule has 102 valence electrons. The van der Waals surface area contributed by atoms with Crippen molar-refractivity contribution in [2.75, 3.05) is 6.54 Å². The van der Waals surface area contributed by atoms with Crippen LogP contribution in [-0.2, 0) is 0 Å². The molecule has 0 rings (SSSR count). The molecule has 1 N–H and O–H groups in total. The fourth-order valence-electron chi connectivity index (χ4n) is 2.23. The molecular formula is C16H33N. The molecule has 0 heterocycles. The average molecular weight is 239 g/mol. The van der Waals surface area contributed by atoms with E-state index in [1.165, 1.54) is 56.9 Å². The van der Waals surface area contributed by atoms with Gasteiger partial charge < -0.3 is 5.32 Å². The first-order chi connectivity index (χ1) is 8.24. The lowest BCUT2D eigenvalue weighted by Crippen LogP contribution is -2.29. The van der Waals surface area contributed by atoms with Crippen LogP contribution in [0.3, 0.4) is 0 Å². The molecule has 0 saturated heterocycles. The van der Waals surface area contributed by atoms with Gasteiger partial charge in [-0.05, 0) is 25.8 Å². The maximum atomic E-state index is 4.12. The van der Waals surface area contributed by atoms with Crippen LogP contribution in [0.25, 0.3) is 0 Å². The van der Waals surface area contributed by atoms with Crippen molar-refractivity contribution in [3.8, 4) is 0 Å². The number of rotatable bonds is 12. The first kappa shape index (κ1) is 16.7. The number of hydrogen-bond donors (Lipinski definition) is 1. The van der Waals surface area contributed by atoms with Crippen LogP contribution >= 0.6 is 0 Å². The van der Waals surface area contributed by atoms with E-state index < -0.39 is 0 Å². The zero-order valence-corrected chi connectivity index (χ0v) is 12.4. The second-order valence-corrected chi connectivity index (χ2v) is 5.12. The monoisotopic (exact) mass is 239 g/mol. The Morgan fingerprint density at radius 3 is 2.24 bits per heavy atom. The van der Waals surface area contributed by atoms with Gasteiger partial charge in [0.05, 0.1) is 0 Å². The summed E-state index contributed by atoms with van der Waals surface area (Å²) in [5, 5.41) is 3.59. The Morgan fingerprint density at radius 2 is 1.65 bits per heavy atom. The predicted molar refractivity (Wildman–Crippen MR) is 79.5 cm³/mol. The summed E-state index contributed by atoms with van der Waals surface area (Å²) in [5.41, 5.74) is 1.39. The highest BCUT2D eigenvalue weighted by molar-refractivity contribution is 4.96. The van der Waals surface area contributed by atoms with Gasteiger partial charge >= 0.3 is 0 Å². The second kappa shape index (κ2) is 12.2. The highest BCUT2D eigenvalue weighted by Gasteiger charge is 2.07. The lowest BCUT2D eigenvalue weighted by Gasteiger charge is -2.18. The molecule has 0 aromatic carbocycles. The summed E-state index contributed by atoms with van der Waals surface area (Å²) in [6.07, 6.45) is 12.0. The summed E-state index contributed by atoms with van der Waals surface area (Å²) >= 11 is 0. The van der Waals surface area contributed by atoms with Gasteiger partial charge in [0, 0.05) is 6.04 Å². The van der Waals surface area contributed by atoms with E-state index in [1.54, 1.807) is 0 Å². The van der Waals surface area contributed by atoms with Gasteiger partial charge in [0.25, 0.3) is 0 Å². The van der Waals surface area contributed by atoms with Gasteiger partial charge in [-0.2, -0.15) is 0 Å². The van der Waals surface area contributed by atoms with E-state index in [0.29, 0.717) is 6.04 Å². The van der Waals surface area contributed by atoms with Crippen LogP contribution in [0.4, 0.5) is 0 Å². The molecule has 0 aromatic rings. The number of hydrogen-bond acceptors (Lipinski definition) is 1. The van der Waals surface area contributed by atoms with Gasteiger partial charge in [-0.3, -0.25) is 0 Å². The third-order valence-corrected chi connectivity index (χ3v) is 3.43. The second-order valence-electron chi connectivity index (χ2n) is 5.12. The Bertz CT molecular complexity index is 174. The van der Waals surface area contributed by atoms with E-state index in [9.17, 15) is 0 Å². The molecule has 17 heavy (non-hydrogen) atoms. The highest BCUT2D eigenvalue weighted by Crippen LogP contribution is 2.14. The van der Waals surface area contributed by atoms with Gasteiger partial charge in [0.2, 0.25) is 0 Å². The van der Waals surface area contributed by atoms with E-state index in [2.05, 4.69) is 32.7 Å². The van der Waals surface area contributed by atoms with Crippen molar-refractivity contribution in [2.45, 2.75) is 84.6 Å². The van der Waals surface area contributed by atoms with Crippen LogP contribution in [0.5, 0.6) is 0 Å². The normalized spacial score (nSPS) is 12.6. The molecule has 1 heteroatoms. The summed E-state index contributed by atoms with van der Waals surface area (Å²) in [6.45, 7) is 11.9.